The molecule has 1 N–H and O–H groups in total. The summed E-state index contributed by atoms with van der Waals surface area (Å²) in [7, 11) is 0. The molecule has 1 aliphatic heterocycles. The Morgan fingerprint density at radius 3 is 2.75 bits per heavy atom. The standard InChI is InChI=1S/C15H24N4O/c1-2-8-16-12(3-1)9-19(13-6-7-13)10-14-17-15(20-18-14)11-4-5-11/h11-13,16H,1-10H2. The van der Waals surface area contributed by atoms with Crippen molar-refractivity contribution in [2.45, 2.75) is 69.5 Å². The van der Waals surface area contributed by atoms with Crippen LogP contribution in [0.1, 0.15) is 62.6 Å². The maximum atomic E-state index is 5.38. The van der Waals surface area contributed by atoms with E-state index in [1.165, 1.54) is 51.5 Å². The summed E-state index contributed by atoms with van der Waals surface area (Å²) in [6.45, 7) is 3.17. The molecule has 2 aliphatic carbocycles. The third-order valence-corrected chi connectivity index (χ3v) is 4.69. The predicted molar refractivity (Wildman–Crippen MR) is 75.3 cm³/mol. The summed E-state index contributed by atoms with van der Waals surface area (Å²) >= 11 is 0. The molecule has 0 radical (unpaired) electrons. The molecule has 0 aromatic carbocycles. The molecule has 2 saturated carbocycles. The van der Waals surface area contributed by atoms with Gasteiger partial charge in [0.2, 0.25) is 5.89 Å². The van der Waals surface area contributed by atoms with Crippen LogP contribution in [-0.4, -0.2) is 40.2 Å². The van der Waals surface area contributed by atoms with Crippen LogP contribution in [0.4, 0.5) is 0 Å². The lowest BCUT2D eigenvalue weighted by molar-refractivity contribution is 0.201. The van der Waals surface area contributed by atoms with E-state index in [-0.39, 0.29) is 0 Å². The van der Waals surface area contributed by atoms with Crippen molar-refractivity contribution >= 4 is 0 Å². The lowest BCUT2D eigenvalue weighted by atomic mass is 10.0. The van der Waals surface area contributed by atoms with Gasteiger partial charge in [-0.1, -0.05) is 11.6 Å². The van der Waals surface area contributed by atoms with E-state index >= 15 is 0 Å². The van der Waals surface area contributed by atoms with E-state index in [2.05, 4.69) is 20.4 Å². The first kappa shape index (κ1) is 12.8. The van der Waals surface area contributed by atoms with Crippen LogP contribution in [0, 0.1) is 0 Å². The second-order valence-corrected chi connectivity index (χ2v) is 6.63. The second kappa shape index (κ2) is 5.45. The van der Waals surface area contributed by atoms with Crippen LogP contribution in [0.15, 0.2) is 4.52 Å². The highest BCUT2D eigenvalue weighted by atomic mass is 16.5. The van der Waals surface area contributed by atoms with Gasteiger partial charge in [-0.3, -0.25) is 4.90 Å². The molecular formula is C15H24N4O. The first-order valence-corrected chi connectivity index (χ1v) is 8.18. The summed E-state index contributed by atoms with van der Waals surface area (Å²) in [5.74, 6) is 2.31. The molecule has 0 spiro atoms. The zero-order valence-corrected chi connectivity index (χ0v) is 12.1. The van der Waals surface area contributed by atoms with Crippen molar-refractivity contribution in [2.75, 3.05) is 13.1 Å². The molecule has 0 bridgehead atoms. The number of aromatic nitrogens is 2. The maximum absolute atomic E-state index is 5.38. The quantitative estimate of drug-likeness (QED) is 0.862. The summed E-state index contributed by atoms with van der Waals surface area (Å²) in [6, 6.07) is 1.40. The Kier molecular flexibility index (Phi) is 3.48. The monoisotopic (exact) mass is 276 g/mol. The van der Waals surface area contributed by atoms with E-state index in [9.17, 15) is 0 Å². The highest BCUT2D eigenvalue weighted by Gasteiger charge is 2.33. The second-order valence-electron chi connectivity index (χ2n) is 6.63. The first-order valence-electron chi connectivity index (χ1n) is 8.18. The zero-order valence-electron chi connectivity index (χ0n) is 12.1. The molecule has 3 aliphatic rings. The Morgan fingerprint density at radius 2 is 2.05 bits per heavy atom. The molecule has 0 amide bonds. The van der Waals surface area contributed by atoms with E-state index in [0.29, 0.717) is 12.0 Å². The van der Waals surface area contributed by atoms with Gasteiger partial charge >= 0.3 is 0 Å². The minimum absolute atomic E-state index is 0.561. The van der Waals surface area contributed by atoms with E-state index in [1.54, 1.807) is 0 Å². The smallest absolute Gasteiger partial charge is 0.229 e. The van der Waals surface area contributed by atoms with Gasteiger partial charge < -0.3 is 9.84 Å². The van der Waals surface area contributed by atoms with Crippen LogP contribution in [-0.2, 0) is 6.54 Å². The average molecular weight is 276 g/mol. The van der Waals surface area contributed by atoms with Gasteiger partial charge in [-0.15, -0.1) is 0 Å². The molecule has 4 rings (SSSR count). The first-order chi connectivity index (χ1) is 9.88. The Morgan fingerprint density at radius 1 is 1.15 bits per heavy atom. The highest BCUT2D eigenvalue weighted by Crippen LogP contribution is 2.39. The number of nitrogens with one attached hydrogen (secondary N) is 1. The Bertz CT molecular complexity index is 446. The van der Waals surface area contributed by atoms with Gasteiger partial charge in [0.05, 0.1) is 6.54 Å². The van der Waals surface area contributed by atoms with Crippen LogP contribution in [0.25, 0.3) is 0 Å². The lowest BCUT2D eigenvalue weighted by Gasteiger charge is -2.29. The topological polar surface area (TPSA) is 54.2 Å². The zero-order chi connectivity index (χ0) is 13.4. The summed E-state index contributed by atoms with van der Waals surface area (Å²) in [4.78, 5) is 7.14. The Labute approximate surface area is 120 Å². The van der Waals surface area contributed by atoms with Crippen molar-refractivity contribution in [1.82, 2.24) is 20.4 Å². The van der Waals surface area contributed by atoms with E-state index < -0.39 is 0 Å². The SMILES string of the molecule is C1CCC(CN(Cc2noc(C3CC3)n2)C2CC2)NC1. The van der Waals surface area contributed by atoms with Gasteiger partial charge in [-0.25, -0.2) is 0 Å². The summed E-state index contributed by atoms with van der Waals surface area (Å²) in [5.41, 5.74) is 0. The van der Waals surface area contributed by atoms with Crippen molar-refractivity contribution in [3.05, 3.63) is 11.7 Å². The summed E-state index contributed by atoms with van der Waals surface area (Å²) in [5, 5.41) is 7.82. The van der Waals surface area contributed by atoms with Crippen molar-refractivity contribution in [3.8, 4) is 0 Å². The summed E-state index contributed by atoms with van der Waals surface area (Å²) in [6.07, 6.45) is 9.11. The van der Waals surface area contributed by atoms with Gasteiger partial charge in [0.25, 0.3) is 0 Å². The third-order valence-electron chi connectivity index (χ3n) is 4.69. The van der Waals surface area contributed by atoms with Gasteiger partial charge in [0.15, 0.2) is 5.82 Å². The minimum Gasteiger partial charge on any atom is -0.339 e. The predicted octanol–water partition coefficient (Wildman–Crippen LogP) is 2.05. The van der Waals surface area contributed by atoms with Crippen LogP contribution in [0.2, 0.25) is 0 Å². The van der Waals surface area contributed by atoms with Gasteiger partial charge in [-0.2, -0.15) is 4.98 Å². The molecule has 2 heterocycles. The van der Waals surface area contributed by atoms with Crippen LogP contribution in [0.3, 0.4) is 0 Å². The van der Waals surface area contributed by atoms with Crippen LogP contribution >= 0.6 is 0 Å². The fourth-order valence-corrected chi connectivity index (χ4v) is 3.15. The number of hydrogen-bond donors (Lipinski definition) is 1. The third kappa shape index (κ3) is 3.04. The van der Waals surface area contributed by atoms with Crippen LogP contribution < -0.4 is 5.32 Å². The maximum Gasteiger partial charge on any atom is 0.229 e. The summed E-state index contributed by atoms with van der Waals surface area (Å²) < 4.78 is 5.38. The number of rotatable bonds is 6. The lowest BCUT2D eigenvalue weighted by Crippen LogP contribution is -2.44. The Balaban J connectivity index is 1.37. The number of nitrogens with zero attached hydrogens (tertiary/aromatic N) is 3. The van der Waals surface area contributed by atoms with Crippen molar-refractivity contribution in [3.63, 3.8) is 0 Å². The minimum atomic E-state index is 0.561. The number of hydrogen-bond acceptors (Lipinski definition) is 5. The average Bonchev–Trinajstić information content (AvgIpc) is 3.39. The molecule has 1 aromatic heterocycles. The van der Waals surface area contributed by atoms with Crippen LogP contribution in [0.5, 0.6) is 0 Å². The molecule has 1 aromatic rings. The van der Waals surface area contributed by atoms with E-state index in [0.717, 1.165) is 30.8 Å². The molecule has 3 fully saturated rings. The number of piperidine rings is 1. The fraction of sp³-hybridized carbons (Fsp3) is 0.867. The van der Waals surface area contributed by atoms with Crippen molar-refractivity contribution < 1.29 is 4.52 Å². The van der Waals surface area contributed by atoms with Crippen molar-refractivity contribution in [1.29, 1.82) is 0 Å². The van der Waals surface area contributed by atoms with E-state index in [4.69, 9.17) is 4.52 Å². The molecule has 1 unspecified atom stereocenters. The molecular weight excluding hydrogens is 252 g/mol. The van der Waals surface area contributed by atoms with Gasteiger partial charge in [0.1, 0.15) is 0 Å². The molecule has 1 saturated heterocycles. The molecule has 20 heavy (non-hydrogen) atoms. The van der Waals surface area contributed by atoms with E-state index in [1.807, 2.05) is 0 Å². The molecule has 110 valence electrons. The largest absolute Gasteiger partial charge is 0.339 e. The Hall–Kier alpha value is -0.940. The molecule has 1 atom stereocenters. The van der Waals surface area contributed by atoms with Crippen molar-refractivity contribution in [2.24, 2.45) is 0 Å². The normalized spacial score (nSPS) is 27.1. The van der Waals surface area contributed by atoms with Gasteiger partial charge in [-0.05, 0) is 45.1 Å². The molecule has 5 nitrogen and oxygen atoms in total. The fourth-order valence-electron chi connectivity index (χ4n) is 3.15. The molecule has 5 heteroatoms. The highest BCUT2D eigenvalue weighted by molar-refractivity contribution is 5.02. The van der Waals surface area contributed by atoms with Gasteiger partial charge in [0, 0.05) is 24.5 Å².